The Bertz CT molecular complexity index is 789. The largest absolute Gasteiger partial charge is 0.338 e. The summed E-state index contributed by atoms with van der Waals surface area (Å²) in [5.74, 6) is -0.0677. The van der Waals surface area contributed by atoms with Crippen LogP contribution in [0.15, 0.2) is 35.1 Å². The van der Waals surface area contributed by atoms with E-state index < -0.39 is 0 Å². The second-order valence-corrected chi connectivity index (χ2v) is 5.81. The van der Waals surface area contributed by atoms with Crippen molar-refractivity contribution in [3.63, 3.8) is 0 Å². The van der Waals surface area contributed by atoms with Crippen molar-refractivity contribution >= 4 is 11.7 Å². The smallest absolute Gasteiger partial charge is 0.276 e. The topological polar surface area (TPSA) is 75.2 Å². The molecule has 1 amide bonds. The third kappa shape index (κ3) is 3.11. The van der Waals surface area contributed by atoms with E-state index in [0.29, 0.717) is 25.1 Å². The summed E-state index contributed by atoms with van der Waals surface area (Å²) in [6, 6.07) is 9.36. The van der Waals surface area contributed by atoms with Gasteiger partial charge in [-0.3, -0.25) is 14.7 Å². The van der Waals surface area contributed by atoms with Crippen molar-refractivity contribution in [1.29, 1.82) is 0 Å². The monoisotopic (exact) mass is 313 g/mol. The van der Waals surface area contributed by atoms with E-state index >= 15 is 0 Å². The van der Waals surface area contributed by atoms with Gasteiger partial charge in [0.25, 0.3) is 5.56 Å². The summed E-state index contributed by atoms with van der Waals surface area (Å²) in [5, 5.41) is 3.14. The van der Waals surface area contributed by atoms with Gasteiger partial charge in [-0.05, 0) is 19.1 Å². The summed E-state index contributed by atoms with van der Waals surface area (Å²) in [5.41, 5.74) is 2.18. The standard InChI is InChI=1S/C17H19N3O3/c1-12(21)7-8-16(22)19-10-9-15-14(11-19)17(23)20(18-15)13-5-3-2-4-6-13/h2-6,18H,7-11H2,1H3. The second kappa shape index (κ2) is 6.24. The lowest BCUT2D eigenvalue weighted by Gasteiger charge is -2.26. The number of aromatic amines is 1. The number of carbonyl (C=O) groups is 2. The van der Waals surface area contributed by atoms with E-state index in [-0.39, 0.29) is 30.1 Å². The molecule has 1 aliphatic heterocycles. The Morgan fingerprint density at radius 3 is 2.61 bits per heavy atom. The third-order valence-corrected chi connectivity index (χ3v) is 4.11. The number of hydrogen-bond donors (Lipinski definition) is 1. The maximum absolute atomic E-state index is 12.6. The number of amides is 1. The van der Waals surface area contributed by atoms with Gasteiger partial charge in [-0.2, -0.15) is 0 Å². The molecule has 23 heavy (non-hydrogen) atoms. The van der Waals surface area contributed by atoms with Crippen LogP contribution >= 0.6 is 0 Å². The number of nitrogens with one attached hydrogen (secondary N) is 1. The maximum Gasteiger partial charge on any atom is 0.276 e. The van der Waals surface area contributed by atoms with Gasteiger partial charge in [0.15, 0.2) is 0 Å². The number of benzene rings is 1. The predicted octanol–water partition coefficient (Wildman–Crippen LogP) is 1.42. The number of aromatic nitrogens is 2. The van der Waals surface area contributed by atoms with Gasteiger partial charge < -0.3 is 9.69 Å². The molecule has 6 heteroatoms. The van der Waals surface area contributed by atoms with Crippen LogP contribution in [0.25, 0.3) is 5.69 Å². The number of carbonyl (C=O) groups excluding carboxylic acids is 2. The number of H-pyrrole nitrogens is 1. The summed E-state index contributed by atoms with van der Waals surface area (Å²) in [4.78, 5) is 37.4. The van der Waals surface area contributed by atoms with E-state index in [0.717, 1.165) is 11.4 Å². The Hall–Kier alpha value is -2.63. The van der Waals surface area contributed by atoms with Gasteiger partial charge >= 0.3 is 0 Å². The van der Waals surface area contributed by atoms with Gasteiger partial charge in [0, 0.05) is 31.5 Å². The van der Waals surface area contributed by atoms with Crippen LogP contribution in [0.3, 0.4) is 0 Å². The van der Waals surface area contributed by atoms with Crippen molar-refractivity contribution < 1.29 is 9.59 Å². The zero-order valence-electron chi connectivity index (χ0n) is 13.0. The summed E-state index contributed by atoms with van der Waals surface area (Å²) >= 11 is 0. The van der Waals surface area contributed by atoms with Crippen LogP contribution in [0.4, 0.5) is 0 Å². The highest BCUT2D eigenvalue weighted by molar-refractivity contribution is 5.83. The number of ketones is 1. The average molecular weight is 313 g/mol. The van der Waals surface area contributed by atoms with Crippen molar-refractivity contribution in [1.82, 2.24) is 14.7 Å². The molecule has 0 saturated carbocycles. The first kappa shape index (κ1) is 15.3. The Balaban J connectivity index is 1.82. The number of nitrogens with zero attached hydrogens (tertiary/aromatic N) is 2. The minimum Gasteiger partial charge on any atom is -0.338 e. The Labute approximate surface area is 133 Å². The number of Topliss-reactive ketones (excluding diaryl/α,β-unsaturated/α-hetero) is 1. The van der Waals surface area contributed by atoms with Gasteiger partial charge in [0.05, 0.1) is 17.8 Å². The van der Waals surface area contributed by atoms with E-state index in [1.807, 2.05) is 30.3 Å². The SMILES string of the molecule is CC(=O)CCC(=O)N1CCc2[nH]n(-c3ccccc3)c(=O)c2C1. The van der Waals surface area contributed by atoms with Gasteiger partial charge in [-0.25, -0.2) is 4.68 Å². The van der Waals surface area contributed by atoms with E-state index in [4.69, 9.17) is 0 Å². The van der Waals surface area contributed by atoms with Crippen molar-refractivity contribution in [3.05, 3.63) is 51.9 Å². The molecular weight excluding hydrogens is 294 g/mol. The maximum atomic E-state index is 12.6. The minimum atomic E-state index is -0.115. The van der Waals surface area contributed by atoms with Crippen LogP contribution in [0.2, 0.25) is 0 Å². The zero-order valence-corrected chi connectivity index (χ0v) is 13.0. The number of rotatable bonds is 4. The van der Waals surface area contributed by atoms with Crippen LogP contribution in [0.5, 0.6) is 0 Å². The molecule has 0 saturated heterocycles. The molecule has 2 heterocycles. The first-order valence-corrected chi connectivity index (χ1v) is 7.71. The van der Waals surface area contributed by atoms with Crippen LogP contribution < -0.4 is 5.56 Å². The summed E-state index contributed by atoms with van der Waals surface area (Å²) in [6.45, 7) is 2.35. The highest BCUT2D eigenvalue weighted by atomic mass is 16.2. The Kier molecular flexibility index (Phi) is 4.14. The van der Waals surface area contributed by atoms with Crippen molar-refractivity contribution in [2.75, 3.05) is 6.54 Å². The highest BCUT2D eigenvalue weighted by Gasteiger charge is 2.25. The zero-order chi connectivity index (χ0) is 16.4. The van der Waals surface area contributed by atoms with Crippen LogP contribution in [0, 0.1) is 0 Å². The number of hydrogen-bond acceptors (Lipinski definition) is 3. The quantitative estimate of drug-likeness (QED) is 0.927. The lowest BCUT2D eigenvalue weighted by molar-refractivity contribution is -0.133. The number of para-hydroxylation sites is 1. The molecule has 1 aromatic heterocycles. The van der Waals surface area contributed by atoms with Crippen LogP contribution in [-0.4, -0.2) is 32.9 Å². The minimum absolute atomic E-state index is 0.00382. The summed E-state index contributed by atoms with van der Waals surface area (Å²) in [6.07, 6.45) is 1.09. The molecule has 0 fully saturated rings. The lowest BCUT2D eigenvalue weighted by Crippen LogP contribution is -2.37. The fourth-order valence-electron chi connectivity index (χ4n) is 2.82. The molecule has 2 aromatic rings. The molecule has 120 valence electrons. The van der Waals surface area contributed by atoms with Gasteiger partial charge in [-0.1, -0.05) is 18.2 Å². The molecule has 1 aromatic carbocycles. The lowest BCUT2D eigenvalue weighted by atomic mass is 10.1. The second-order valence-electron chi connectivity index (χ2n) is 5.81. The van der Waals surface area contributed by atoms with Crippen molar-refractivity contribution in [2.45, 2.75) is 32.7 Å². The van der Waals surface area contributed by atoms with Crippen molar-refractivity contribution in [2.24, 2.45) is 0 Å². The molecule has 0 unspecified atom stereocenters. The van der Waals surface area contributed by atoms with Gasteiger partial charge in [-0.15, -0.1) is 0 Å². The fraction of sp³-hybridized carbons (Fsp3) is 0.353. The molecule has 6 nitrogen and oxygen atoms in total. The van der Waals surface area contributed by atoms with E-state index in [9.17, 15) is 14.4 Å². The molecule has 0 atom stereocenters. The third-order valence-electron chi connectivity index (χ3n) is 4.11. The molecule has 1 aliphatic rings. The molecule has 3 rings (SSSR count). The predicted molar refractivity (Wildman–Crippen MR) is 85.4 cm³/mol. The summed E-state index contributed by atoms with van der Waals surface area (Å²) < 4.78 is 1.52. The van der Waals surface area contributed by atoms with Crippen LogP contribution in [0.1, 0.15) is 31.0 Å². The van der Waals surface area contributed by atoms with E-state index in [1.165, 1.54) is 11.6 Å². The molecule has 0 spiro atoms. The molecule has 0 bridgehead atoms. The first-order valence-electron chi connectivity index (χ1n) is 7.71. The van der Waals surface area contributed by atoms with Gasteiger partial charge in [0.1, 0.15) is 5.78 Å². The first-order chi connectivity index (χ1) is 11.1. The molecule has 0 aliphatic carbocycles. The Morgan fingerprint density at radius 1 is 1.17 bits per heavy atom. The van der Waals surface area contributed by atoms with Crippen molar-refractivity contribution in [3.8, 4) is 5.69 Å². The number of fused-ring (bicyclic) bond motifs is 1. The van der Waals surface area contributed by atoms with Gasteiger partial charge in [0.2, 0.25) is 5.91 Å². The Morgan fingerprint density at radius 2 is 1.91 bits per heavy atom. The van der Waals surface area contributed by atoms with E-state index in [1.54, 1.807) is 4.90 Å². The normalized spacial score (nSPS) is 13.7. The molecule has 0 radical (unpaired) electrons. The summed E-state index contributed by atoms with van der Waals surface area (Å²) in [7, 11) is 0. The fourth-order valence-corrected chi connectivity index (χ4v) is 2.82. The highest BCUT2D eigenvalue weighted by Crippen LogP contribution is 2.17. The molecule has 1 N–H and O–H groups in total. The average Bonchev–Trinajstić information content (AvgIpc) is 2.90. The van der Waals surface area contributed by atoms with E-state index in [2.05, 4.69) is 5.10 Å². The van der Waals surface area contributed by atoms with Crippen LogP contribution in [-0.2, 0) is 22.6 Å². The molecular formula is C17H19N3O3.